The molecule has 2 heterocycles. The second-order valence-electron chi connectivity index (χ2n) is 6.66. The Bertz CT molecular complexity index is 914. The number of carbonyl (C=O) groups excluding carboxylic acids is 3. The average molecular weight is 401 g/mol. The van der Waals surface area contributed by atoms with Crippen LogP contribution >= 0.6 is 11.8 Å². The van der Waals surface area contributed by atoms with E-state index in [0.717, 1.165) is 29.6 Å². The Labute approximate surface area is 165 Å². The first-order valence-electron chi connectivity index (χ1n) is 8.97. The molecule has 10 nitrogen and oxygen atoms in total. The molecule has 2 aromatic rings. The van der Waals surface area contributed by atoms with Gasteiger partial charge in [0.25, 0.3) is 5.91 Å². The quantitative estimate of drug-likeness (QED) is 0.524. The van der Waals surface area contributed by atoms with Crippen molar-refractivity contribution in [3.05, 3.63) is 35.9 Å². The molecule has 28 heavy (non-hydrogen) atoms. The van der Waals surface area contributed by atoms with Gasteiger partial charge in [-0.25, -0.2) is 9.48 Å². The van der Waals surface area contributed by atoms with Gasteiger partial charge in [-0.1, -0.05) is 49.0 Å². The molecule has 2 aliphatic rings. The normalized spacial score (nSPS) is 21.7. The molecular weight excluding hydrogens is 382 g/mol. The molecule has 0 bridgehead atoms. The summed E-state index contributed by atoms with van der Waals surface area (Å²) in [6.07, 6.45) is 2.40. The minimum Gasteiger partial charge on any atom is -0.318 e. The van der Waals surface area contributed by atoms with Gasteiger partial charge in [0, 0.05) is 0 Å². The van der Waals surface area contributed by atoms with Crippen LogP contribution in [0.5, 0.6) is 0 Å². The van der Waals surface area contributed by atoms with Crippen molar-refractivity contribution in [1.29, 1.82) is 0 Å². The average Bonchev–Trinajstić information content (AvgIpc) is 3.40. The number of hydrogen-bond donors (Lipinski definition) is 2. The summed E-state index contributed by atoms with van der Waals surface area (Å²) in [7, 11) is 0. The van der Waals surface area contributed by atoms with Crippen molar-refractivity contribution in [3.8, 4) is 0 Å². The van der Waals surface area contributed by atoms with Crippen LogP contribution in [0.4, 0.5) is 4.79 Å². The number of carbonyl (C=O) groups is 3. The van der Waals surface area contributed by atoms with Gasteiger partial charge in [-0.2, -0.15) is 5.01 Å². The third-order valence-corrected chi connectivity index (χ3v) is 5.75. The number of aromatic nitrogens is 4. The first-order valence-corrected chi connectivity index (χ1v) is 9.96. The SMILES string of the molecule is CCC1(c2ccccc2)NC(=O)N(NC(=O)CSc2nnnn2C2CC2)C1=O. The van der Waals surface area contributed by atoms with Crippen LogP contribution in [0.15, 0.2) is 35.5 Å². The summed E-state index contributed by atoms with van der Waals surface area (Å²) in [6, 6.07) is 8.63. The highest BCUT2D eigenvalue weighted by atomic mass is 32.2. The second-order valence-corrected chi connectivity index (χ2v) is 7.60. The second kappa shape index (κ2) is 7.23. The van der Waals surface area contributed by atoms with Crippen molar-refractivity contribution in [2.24, 2.45) is 0 Å². The summed E-state index contributed by atoms with van der Waals surface area (Å²) in [5.74, 6) is -1.01. The fraction of sp³-hybridized carbons (Fsp3) is 0.412. The maximum Gasteiger partial charge on any atom is 0.344 e. The standard InChI is InChI=1S/C17H19N7O3S/c1-2-17(11-6-4-3-5-7-11)14(26)24(15(27)18-17)20-13(25)10-28-16-19-21-22-23(16)12-8-9-12/h3-7,12H,2,8-10H2,1H3,(H,18,27)(H,20,25). The van der Waals surface area contributed by atoms with Crippen LogP contribution in [0.2, 0.25) is 0 Å². The predicted molar refractivity (Wildman–Crippen MR) is 98.7 cm³/mol. The Kier molecular flexibility index (Phi) is 4.75. The van der Waals surface area contributed by atoms with Gasteiger partial charge in [0.05, 0.1) is 11.8 Å². The predicted octanol–water partition coefficient (Wildman–Crippen LogP) is 0.989. The van der Waals surface area contributed by atoms with Crippen LogP contribution in [0.25, 0.3) is 0 Å². The van der Waals surface area contributed by atoms with Gasteiger partial charge in [0.2, 0.25) is 11.1 Å². The molecule has 146 valence electrons. The van der Waals surface area contributed by atoms with Crippen molar-refractivity contribution in [1.82, 2.24) is 36.0 Å². The van der Waals surface area contributed by atoms with Gasteiger partial charge >= 0.3 is 6.03 Å². The Balaban J connectivity index is 1.42. The van der Waals surface area contributed by atoms with Crippen molar-refractivity contribution in [2.75, 3.05) is 5.75 Å². The zero-order valence-electron chi connectivity index (χ0n) is 15.2. The molecule has 2 fully saturated rings. The van der Waals surface area contributed by atoms with E-state index >= 15 is 0 Å². The maximum absolute atomic E-state index is 13.0. The molecule has 0 radical (unpaired) electrons. The molecule has 4 amide bonds. The van der Waals surface area contributed by atoms with E-state index in [4.69, 9.17) is 0 Å². The highest BCUT2D eigenvalue weighted by molar-refractivity contribution is 7.99. The lowest BCUT2D eigenvalue weighted by molar-refractivity contribution is -0.138. The van der Waals surface area contributed by atoms with E-state index < -0.39 is 23.4 Å². The number of urea groups is 1. The van der Waals surface area contributed by atoms with Gasteiger partial charge in [0.15, 0.2) is 0 Å². The van der Waals surface area contributed by atoms with Crippen molar-refractivity contribution < 1.29 is 14.4 Å². The Morgan fingerprint density at radius 3 is 2.75 bits per heavy atom. The Hall–Kier alpha value is -2.95. The van der Waals surface area contributed by atoms with Crippen molar-refractivity contribution in [3.63, 3.8) is 0 Å². The lowest BCUT2D eigenvalue weighted by Gasteiger charge is -2.25. The largest absolute Gasteiger partial charge is 0.344 e. The summed E-state index contributed by atoms with van der Waals surface area (Å²) < 4.78 is 1.70. The van der Waals surface area contributed by atoms with E-state index in [1.807, 2.05) is 13.0 Å². The topological polar surface area (TPSA) is 122 Å². The molecule has 2 N–H and O–H groups in total. The summed E-state index contributed by atoms with van der Waals surface area (Å²) in [5, 5.41) is 15.5. The lowest BCUT2D eigenvalue weighted by Crippen LogP contribution is -2.49. The zero-order valence-corrected chi connectivity index (χ0v) is 16.0. The number of amides is 4. The highest BCUT2D eigenvalue weighted by Crippen LogP contribution is 2.36. The smallest absolute Gasteiger partial charge is 0.318 e. The summed E-state index contributed by atoms with van der Waals surface area (Å²) in [4.78, 5) is 37.7. The summed E-state index contributed by atoms with van der Waals surface area (Å²) in [6.45, 7) is 1.81. The molecule has 1 aliphatic carbocycles. The number of imide groups is 1. The van der Waals surface area contributed by atoms with Crippen LogP contribution < -0.4 is 10.7 Å². The number of hydrazine groups is 1. The van der Waals surface area contributed by atoms with E-state index in [0.29, 0.717) is 23.2 Å². The van der Waals surface area contributed by atoms with Gasteiger partial charge in [0.1, 0.15) is 5.54 Å². The summed E-state index contributed by atoms with van der Waals surface area (Å²) in [5.41, 5.74) is 1.88. The molecule has 1 aliphatic heterocycles. The van der Waals surface area contributed by atoms with Crippen LogP contribution in [0.1, 0.15) is 37.8 Å². The monoisotopic (exact) mass is 401 g/mol. The Morgan fingerprint density at radius 1 is 1.32 bits per heavy atom. The molecule has 1 saturated heterocycles. The van der Waals surface area contributed by atoms with Crippen molar-refractivity contribution in [2.45, 2.75) is 42.9 Å². The van der Waals surface area contributed by atoms with Gasteiger partial charge in [-0.15, -0.1) is 5.10 Å². The number of nitrogens with zero attached hydrogens (tertiary/aromatic N) is 5. The summed E-state index contributed by atoms with van der Waals surface area (Å²) >= 11 is 1.16. The van der Waals surface area contributed by atoms with Crippen molar-refractivity contribution >= 4 is 29.6 Å². The highest BCUT2D eigenvalue weighted by Gasteiger charge is 2.52. The fourth-order valence-electron chi connectivity index (χ4n) is 3.15. The molecule has 4 rings (SSSR count). The lowest BCUT2D eigenvalue weighted by atomic mass is 9.87. The van der Waals surface area contributed by atoms with E-state index in [1.54, 1.807) is 28.9 Å². The molecule has 0 spiro atoms. The molecule has 1 aromatic heterocycles. The van der Waals surface area contributed by atoms with E-state index in [-0.39, 0.29) is 5.75 Å². The number of rotatable bonds is 7. The third-order valence-electron chi connectivity index (χ3n) is 4.81. The van der Waals surface area contributed by atoms with E-state index in [2.05, 4.69) is 26.3 Å². The fourth-order valence-corrected chi connectivity index (χ4v) is 3.89. The van der Waals surface area contributed by atoms with Gasteiger partial charge in [-0.05, 0) is 35.3 Å². The minimum atomic E-state index is -1.19. The van der Waals surface area contributed by atoms with Crippen LogP contribution in [-0.4, -0.2) is 48.8 Å². The number of tetrazole rings is 1. The van der Waals surface area contributed by atoms with Crippen LogP contribution in [0.3, 0.4) is 0 Å². The van der Waals surface area contributed by atoms with Gasteiger partial charge < -0.3 is 5.32 Å². The molecule has 1 aromatic carbocycles. The third kappa shape index (κ3) is 3.21. The molecular formula is C17H19N7O3S. The first kappa shape index (κ1) is 18.4. The first-order chi connectivity index (χ1) is 13.5. The molecule has 11 heteroatoms. The number of benzene rings is 1. The molecule has 1 saturated carbocycles. The minimum absolute atomic E-state index is 0.0192. The van der Waals surface area contributed by atoms with Crippen LogP contribution in [0, 0.1) is 0 Å². The molecule has 1 atom stereocenters. The Morgan fingerprint density at radius 2 is 2.07 bits per heavy atom. The number of hydrogen-bond acceptors (Lipinski definition) is 7. The van der Waals surface area contributed by atoms with E-state index in [1.165, 1.54) is 0 Å². The van der Waals surface area contributed by atoms with Crippen LogP contribution in [-0.2, 0) is 15.1 Å². The maximum atomic E-state index is 13.0. The molecule has 1 unspecified atom stereocenters. The number of thioether (sulfide) groups is 1. The number of nitrogens with one attached hydrogen (secondary N) is 2. The van der Waals surface area contributed by atoms with Gasteiger partial charge in [-0.3, -0.25) is 15.0 Å². The zero-order chi connectivity index (χ0) is 19.7. The van der Waals surface area contributed by atoms with E-state index in [9.17, 15) is 14.4 Å².